The zero-order valence-corrected chi connectivity index (χ0v) is 51.1. The summed E-state index contributed by atoms with van der Waals surface area (Å²) >= 11 is 0. The average molecular weight is 1240 g/mol. The van der Waals surface area contributed by atoms with Crippen LogP contribution in [0.1, 0.15) is 106 Å². The molecule has 0 saturated heterocycles. The van der Waals surface area contributed by atoms with E-state index in [-0.39, 0.29) is 32.4 Å². The van der Waals surface area contributed by atoms with E-state index < -0.39 is 181 Å². The van der Waals surface area contributed by atoms with Gasteiger partial charge in [0.05, 0.1) is 38.0 Å². The molecule has 31 heteroatoms. The smallest absolute Gasteiger partial charge is 0.408 e. The number of nitrogens with one attached hydrogen (secondary N) is 12. The molecule has 0 aliphatic carbocycles. The molecule has 31 nitrogen and oxygen atoms in total. The van der Waals surface area contributed by atoms with E-state index in [0.29, 0.717) is 11.1 Å². The minimum Gasteiger partial charge on any atom is -0.480 e. The van der Waals surface area contributed by atoms with Crippen molar-refractivity contribution in [2.75, 3.05) is 26.3 Å². The van der Waals surface area contributed by atoms with Gasteiger partial charge in [-0.3, -0.25) is 43.8 Å². The molecular formula is C57H89N13O18. The number of hydrogen-bond donors (Lipinski definition) is 18. The lowest BCUT2D eigenvalue weighted by Gasteiger charge is -2.33. The van der Waals surface area contributed by atoms with Gasteiger partial charge >= 0.3 is 18.2 Å². The maximum atomic E-state index is 14.8. The number of guanidine groups is 1. The molecule has 0 bridgehead atoms. The predicted octanol–water partition coefficient (Wildman–Crippen LogP) is -2.51. The zero-order chi connectivity index (χ0) is 66.6. The lowest BCUT2D eigenvalue weighted by atomic mass is 9.95. The summed E-state index contributed by atoms with van der Waals surface area (Å²) in [6, 6.07) is 1.75. The molecule has 1 unspecified atom stereocenters. The number of aliphatic hydroxyl groups is 4. The molecule has 0 heterocycles. The van der Waals surface area contributed by atoms with Crippen molar-refractivity contribution in [2.24, 2.45) is 23.5 Å². The van der Waals surface area contributed by atoms with Crippen LogP contribution in [0.5, 0.6) is 0 Å². The largest absolute Gasteiger partial charge is 0.480 e. The monoisotopic (exact) mass is 1240 g/mol. The Balaban J connectivity index is 2.51. The van der Waals surface area contributed by atoms with Gasteiger partial charge in [-0.05, 0) is 69.4 Å². The zero-order valence-electron chi connectivity index (χ0n) is 51.1. The van der Waals surface area contributed by atoms with Gasteiger partial charge in [0.25, 0.3) is 0 Å². The minimum absolute atomic E-state index is 0.0219. The first kappa shape index (κ1) is 75.4. The van der Waals surface area contributed by atoms with Crippen molar-refractivity contribution in [1.82, 2.24) is 58.5 Å². The van der Waals surface area contributed by atoms with E-state index >= 15 is 0 Å². The van der Waals surface area contributed by atoms with Gasteiger partial charge in [-0.1, -0.05) is 109 Å². The van der Waals surface area contributed by atoms with Gasteiger partial charge in [0.1, 0.15) is 60.5 Å². The Morgan fingerprint density at radius 1 is 0.568 bits per heavy atom. The lowest BCUT2D eigenvalue weighted by Crippen LogP contribution is -2.64. The van der Waals surface area contributed by atoms with Gasteiger partial charge < -0.3 is 99.2 Å². The van der Waals surface area contributed by atoms with E-state index in [1.807, 2.05) is 5.32 Å². The molecule has 2 aromatic carbocycles. The number of aliphatic carboxylic acids is 1. The van der Waals surface area contributed by atoms with Gasteiger partial charge in [0, 0.05) is 6.54 Å². The third kappa shape index (κ3) is 26.1. The highest BCUT2D eigenvalue weighted by Gasteiger charge is 2.41. The van der Waals surface area contributed by atoms with Gasteiger partial charge in [0.2, 0.25) is 47.3 Å². The van der Waals surface area contributed by atoms with Crippen molar-refractivity contribution in [3.05, 3.63) is 71.8 Å². The van der Waals surface area contributed by atoms with Crippen molar-refractivity contribution in [3.8, 4) is 0 Å². The van der Waals surface area contributed by atoms with E-state index in [1.54, 1.807) is 123 Å². The van der Waals surface area contributed by atoms with Crippen LogP contribution in [-0.2, 0) is 59.2 Å². The minimum atomic E-state index is -1.87. The maximum absolute atomic E-state index is 14.8. The van der Waals surface area contributed by atoms with Gasteiger partial charge in [-0.15, -0.1) is 0 Å². The number of hydrogen-bond acceptors (Lipinski definition) is 18. The first-order chi connectivity index (χ1) is 41.2. The van der Waals surface area contributed by atoms with E-state index in [0.717, 1.165) is 6.92 Å². The van der Waals surface area contributed by atoms with E-state index in [4.69, 9.17) is 25.7 Å². The SMILES string of the molecule is CC[C@H](C)[C@H](NC(=O)[C@@H](CCCNC(=N)N)NC(=O)[C@@H](NC(=O)C(NC(=O)[C@@H](NC(=O)OCc1ccccc1)[C@H](NC(=O)OC(C)(C)C)c1ccccc1)[C@H](O)C(C)C)C(C)C)C(=O)N[C@H](C(=O)NCC(=O)N[C@@H](CO)C(=O)N[C@@H](CO)C(=O)O)[C@H](C)O. The first-order valence-electron chi connectivity index (χ1n) is 28.5. The Hall–Kier alpha value is -8.68. The van der Waals surface area contributed by atoms with Crippen molar-refractivity contribution in [2.45, 2.75) is 167 Å². The number of carbonyl (C=O) groups is 11. The normalized spacial score (nSPS) is 15.4. The van der Waals surface area contributed by atoms with Crippen molar-refractivity contribution in [1.29, 1.82) is 5.41 Å². The molecule has 0 saturated carbocycles. The Labute approximate surface area is 510 Å². The number of carboxylic acids is 1. The molecule has 19 N–H and O–H groups in total. The molecule has 88 heavy (non-hydrogen) atoms. The Kier molecular flexibility index (Phi) is 31.8. The second-order valence-electron chi connectivity index (χ2n) is 22.4. The van der Waals surface area contributed by atoms with Crippen LogP contribution in [0.4, 0.5) is 9.59 Å². The van der Waals surface area contributed by atoms with E-state index in [1.165, 1.54) is 0 Å². The fourth-order valence-corrected chi connectivity index (χ4v) is 8.20. The summed E-state index contributed by atoms with van der Waals surface area (Å²) in [6.07, 6.45) is -5.29. The number of rotatable bonds is 35. The summed E-state index contributed by atoms with van der Waals surface area (Å²) in [5.74, 6) is -12.8. The van der Waals surface area contributed by atoms with Crippen molar-refractivity contribution >= 4 is 71.4 Å². The molecule has 490 valence electrons. The molecule has 0 aliphatic rings. The molecule has 0 spiro atoms. The lowest BCUT2D eigenvalue weighted by molar-refractivity contribution is -0.143. The first-order valence-corrected chi connectivity index (χ1v) is 28.5. The quantitative estimate of drug-likeness (QED) is 0.0193. The number of alkyl carbamates (subject to hydrolysis) is 2. The molecule has 10 amide bonds. The fraction of sp³-hybridized carbons (Fsp3) is 0.579. The van der Waals surface area contributed by atoms with Crippen LogP contribution in [0.2, 0.25) is 0 Å². The number of amides is 10. The summed E-state index contributed by atoms with van der Waals surface area (Å²) < 4.78 is 11.0. The molecule has 0 aliphatic heterocycles. The Morgan fingerprint density at radius 2 is 1.08 bits per heavy atom. The summed E-state index contributed by atoms with van der Waals surface area (Å²) in [5, 5.41) is 84.4. The number of carbonyl (C=O) groups excluding carboxylic acids is 10. The fourth-order valence-electron chi connectivity index (χ4n) is 8.20. The number of benzene rings is 2. The second-order valence-corrected chi connectivity index (χ2v) is 22.4. The van der Waals surface area contributed by atoms with Crippen LogP contribution in [0.15, 0.2) is 60.7 Å². The van der Waals surface area contributed by atoms with Crippen LogP contribution in [0.25, 0.3) is 0 Å². The van der Waals surface area contributed by atoms with Crippen molar-refractivity contribution < 1.29 is 87.7 Å². The molecule has 2 aromatic rings. The Morgan fingerprint density at radius 3 is 1.60 bits per heavy atom. The highest BCUT2D eigenvalue weighted by atomic mass is 16.6. The van der Waals surface area contributed by atoms with E-state index in [9.17, 15) is 73.2 Å². The van der Waals surface area contributed by atoms with Crippen LogP contribution < -0.4 is 64.2 Å². The van der Waals surface area contributed by atoms with Gasteiger partial charge in [0.15, 0.2) is 5.96 Å². The number of ether oxygens (including phenoxy) is 2. The molecule has 0 aromatic heterocycles. The van der Waals surface area contributed by atoms with Gasteiger partial charge in [-0.2, -0.15) is 0 Å². The van der Waals surface area contributed by atoms with E-state index in [2.05, 4.69) is 53.2 Å². The Bertz CT molecular complexity index is 2660. The highest BCUT2D eigenvalue weighted by molar-refractivity contribution is 5.98. The number of carboxylic acid groups (broad SMARTS) is 1. The number of aliphatic hydroxyl groups excluding tert-OH is 4. The number of nitrogens with two attached hydrogens (primary N) is 1. The van der Waals surface area contributed by atoms with Gasteiger partial charge in [-0.25, -0.2) is 14.4 Å². The average Bonchev–Trinajstić information content (AvgIpc) is 1.32. The third-order valence-electron chi connectivity index (χ3n) is 13.3. The molecule has 0 radical (unpaired) electrons. The summed E-state index contributed by atoms with van der Waals surface area (Å²) in [5.41, 5.74) is 5.35. The van der Waals surface area contributed by atoms with Crippen LogP contribution in [0, 0.1) is 23.2 Å². The molecule has 0 fully saturated rings. The van der Waals surface area contributed by atoms with Crippen molar-refractivity contribution in [3.63, 3.8) is 0 Å². The maximum Gasteiger partial charge on any atom is 0.408 e. The molecule has 2 rings (SSSR count). The summed E-state index contributed by atoms with van der Waals surface area (Å²) in [6.45, 7) is 12.2. The predicted molar refractivity (Wildman–Crippen MR) is 316 cm³/mol. The highest BCUT2D eigenvalue weighted by Crippen LogP contribution is 2.21. The van der Waals surface area contributed by atoms with Crippen LogP contribution in [-0.4, -0.2) is 189 Å². The topological polar surface area (TPSA) is 490 Å². The molecular weight excluding hydrogens is 1150 g/mol. The standard InChI is InChI=1S/C57H89N13O18/c1-11-31(6)40(50(80)67-41(32(7)73)48(78)61-25-38(74)62-36(26-71)47(77)64-37(27-72)53(83)84)66-46(76)35(23-18-24-60-54(58)59)63-49(79)39(29(2)3)65-52(82)44(45(75)30(4)5)68-51(81)43(70-55(85)87-28-33-19-14-12-15-20-33)42(34-21-16-13-17-22-34)69-56(86)88-57(8,9)10/h12-17,19-22,29-32,35-37,39-45,71-73,75H,11,18,23-28H2,1-10H3,(H,61,78)(H,62,74)(H,63,79)(H,64,77)(H,65,82)(H,66,76)(H,67,80)(H,68,81)(H,69,86)(H,70,85)(H,83,84)(H4,58,59,60)/t31-,32-,35+,36-,37-,39-,40-,41-,42+,43-,44?,45+/m0/s1. The molecule has 12 atom stereocenters. The van der Waals surface area contributed by atoms with Crippen LogP contribution in [0.3, 0.4) is 0 Å². The summed E-state index contributed by atoms with van der Waals surface area (Å²) in [4.78, 5) is 149. The second kappa shape index (κ2) is 37.1. The van der Waals surface area contributed by atoms with Crippen LogP contribution >= 0.6 is 0 Å². The summed E-state index contributed by atoms with van der Waals surface area (Å²) in [7, 11) is 0. The third-order valence-corrected chi connectivity index (χ3v) is 13.3.